The van der Waals surface area contributed by atoms with Crippen LogP contribution in [0.3, 0.4) is 0 Å². The molecule has 0 aliphatic heterocycles. The third-order valence-corrected chi connectivity index (χ3v) is 7.52. The molecule has 9 rings (SSSR count). The van der Waals surface area contributed by atoms with Gasteiger partial charge in [0, 0.05) is 32.7 Å². The molecule has 0 atom stereocenters. The third kappa shape index (κ3) is 3.40. The van der Waals surface area contributed by atoms with Gasteiger partial charge in [-0.2, -0.15) is 9.97 Å². The molecule has 0 bridgehead atoms. The molecule has 9 aromatic rings. The van der Waals surface area contributed by atoms with Crippen LogP contribution < -0.4 is 0 Å². The lowest BCUT2D eigenvalue weighted by atomic mass is 10.0. The van der Waals surface area contributed by atoms with Crippen LogP contribution >= 0.6 is 0 Å². The van der Waals surface area contributed by atoms with Crippen LogP contribution in [0, 0.1) is 0 Å². The van der Waals surface area contributed by atoms with E-state index in [4.69, 9.17) is 30.3 Å². The van der Waals surface area contributed by atoms with Crippen LogP contribution in [0.2, 0.25) is 0 Å². The number of rotatable bonds is 3. The fourth-order valence-electron chi connectivity index (χ4n) is 5.62. The Morgan fingerprint density at radius 1 is 0.548 bits per heavy atom. The number of nitrogens with zero attached hydrogens (tertiary/aromatic N) is 4. The van der Waals surface area contributed by atoms with Crippen molar-refractivity contribution in [3.63, 3.8) is 0 Å². The Kier molecular flexibility index (Phi) is 3.47. The molecule has 0 saturated carbocycles. The van der Waals surface area contributed by atoms with Crippen molar-refractivity contribution < 1.29 is 15.4 Å². The first-order valence-electron chi connectivity index (χ1n) is 17.3. The maximum atomic E-state index is 8.97. The van der Waals surface area contributed by atoms with Crippen LogP contribution in [0.15, 0.2) is 138 Å². The first-order chi connectivity index (χ1) is 24.1. The normalized spacial score (nSPS) is 14.5. The summed E-state index contributed by atoms with van der Waals surface area (Å²) in [5.41, 5.74) is 2.42. The van der Waals surface area contributed by atoms with Gasteiger partial charge in [-0.25, -0.2) is 4.98 Å². The maximum absolute atomic E-state index is 8.97. The van der Waals surface area contributed by atoms with E-state index in [2.05, 4.69) is 0 Å². The van der Waals surface area contributed by atoms with Crippen LogP contribution in [-0.2, 0) is 0 Å². The molecule has 3 aromatic heterocycles. The van der Waals surface area contributed by atoms with E-state index in [1.807, 2.05) is 84.9 Å². The van der Waals surface area contributed by atoms with Crippen LogP contribution in [0.1, 0.15) is 11.0 Å². The summed E-state index contributed by atoms with van der Waals surface area (Å²) in [6.45, 7) is 0. The monoisotopic (exact) mass is 546 g/mol. The maximum Gasteiger partial charge on any atom is 0.238 e. The second kappa shape index (κ2) is 8.85. The lowest BCUT2D eigenvalue weighted by Crippen LogP contribution is -2.06. The quantitative estimate of drug-likeness (QED) is 0.221. The van der Waals surface area contributed by atoms with Crippen molar-refractivity contribution in [3.05, 3.63) is 133 Å². The summed E-state index contributed by atoms with van der Waals surface area (Å²) >= 11 is 0. The molecule has 5 heteroatoms. The molecule has 0 amide bonds. The van der Waals surface area contributed by atoms with Crippen molar-refractivity contribution in [1.29, 1.82) is 0 Å². The minimum atomic E-state index is -0.527. The minimum Gasteiger partial charge on any atom is -0.456 e. The molecule has 5 nitrogen and oxygen atoms in total. The van der Waals surface area contributed by atoms with Crippen LogP contribution in [-0.4, -0.2) is 19.5 Å². The first kappa shape index (κ1) is 16.5. The highest BCUT2D eigenvalue weighted by atomic mass is 16.3. The van der Waals surface area contributed by atoms with E-state index in [1.54, 1.807) is 0 Å². The Balaban J connectivity index is 1.44. The van der Waals surface area contributed by atoms with E-state index >= 15 is 0 Å². The standard InChI is InChI=1S/C37H22N4O/c1-2-12-25-23(10-1)11-9-16-30(25)36-38-35(24-20-21-29-28-15-5-8-19-33(28)42-34(29)22-24)39-37(40-36)41-31-17-6-3-13-26(31)27-14-4-7-18-32(27)41/h1-22H/i3D,4D,6D,7D,13D,14D,17D,18D. The lowest BCUT2D eigenvalue weighted by molar-refractivity contribution is 0.669. The summed E-state index contributed by atoms with van der Waals surface area (Å²) < 4.78 is 76.9. The van der Waals surface area contributed by atoms with Crippen molar-refractivity contribution in [2.24, 2.45) is 0 Å². The summed E-state index contributed by atoms with van der Waals surface area (Å²) in [6, 6.07) is 22.9. The second-order valence-electron chi connectivity index (χ2n) is 9.90. The van der Waals surface area contributed by atoms with Crippen molar-refractivity contribution >= 4 is 54.5 Å². The largest absolute Gasteiger partial charge is 0.456 e. The Morgan fingerprint density at radius 2 is 1.21 bits per heavy atom. The summed E-state index contributed by atoms with van der Waals surface area (Å²) in [6.07, 6.45) is 0. The molecule has 0 saturated heterocycles. The van der Waals surface area contributed by atoms with Gasteiger partial charge in [-0.15, -0.1) is 0 Å². The van der Waals surface area contributed by atoms with E-state index in [1.165, 1.54) is 4.57 Å². The Hall–Kier alpha value is -5.81. The van der Waals surface area contributed by atoms with E-state index in [9.17, 15) is 0 Å². The van der Waals surface area contributed by atoms with Gasteiger partial charge in [-0.3, -0.25) is 4.57 Å². The molecule has 0 aliphatic carbocycles. The number of furan rings is 1. The summed E-state index contributed by atoms with van der Waals surface area (Å²) in [5.74, 6) is 0.387. The van der Waals surface area contributed by atoms with Crippen molar-refractivity contribution in [1.82, 2.24) is 19.5 Å². The van der Waals surface area contributed by atoms with E-state index in [0.717, 1.165) is 27.1 Å². The Bertz CT molecular complexity index is 2850. The molecular weight excluding hydrogens is 516 g/mol. The van der Waals surface area contributed by atoms with Crippen molar-refractivity contribution in [2.45, 2.75) is 0 Å². The summed E-state index contributed by atoms with van der Waals surface area (Å²) in [4.78, 5) is 14.6. The molecule has 42 heavy (non-hydrogen) atoms. The molecule has 196 valence electrons. The van der Waals surface area contributed by atoms with Crippen LogP contribution in [0.25, 0.3) is 83.2 Å². The van der Waals surface area contributed by atoms with Crippen molar-refractivity contribution in [3.8, 4) is 28.7 Å². The number of hydrogen-bond acceptors (Lipinski definition) is 4. The fraction of sp³-hybridized carbons (Fsp3) is 0. The molecule has 3 heterocycles. The molecule has 0 spiro atoms. The third-order valence-electron chi connectivity index (χ3n) is 7.52. The number of fused-ring (bicyclic) bond motifs is 7. The van der Waals surface area contributed by atoms with Gasteiger partial charge in [0.1, 0.15) is 11.2 Å². The zero-order chi connectivity index (χ0) is 34.6. The van der Waals surface area contributed by atoms with E-state index in [0.29, 0.717) is 16.7 Å². The van der Waals surface area contributed by atoms with Gasteiger partial charge in [-0.1, -0.05) is 103 Å². The van der Waals surface area contributed by atoms with Crippen LogP contribution in [0.4, 0.5) is 0 Å². The molecule has 6 aromatic carbocycles. The molecule has 0 radical (unpaired) electrons. The highest BCUT2D eigenvalue weighted by molar-refractivity contribution is 6.09. The Labute approximate surface area is 251 Å². The Morgan fingerprint density at radius 3 is 2.05 bits per heavy atom. The number of para-hydroxylation sites is 3. The number of hydrogen-bond donors (Lipinski definition) is 0. The molecular formula is C37H22N4O. The van der Waals surface area contributed by atoms with Crippen LogP contribution in [0.5, 0.6) is 0 Å². The average molecular weight is 547 g/mol. The minimum absolute atomic E-state index is 0.0598. The highest BCUT2D eigenvalue weighted by Crippen LogP contribution is 2.35. The fourth-order valence-corrected chi connectivity index (χ4v) is 5.62. The van der Waals surface area contributed by atoms with Gasteiger partial charge < -0.3 is 4.42 Å². The zero-order valence-electron chi connectivity index (χ0n) is 29.8. The second-order valence-corrected chi connectivity index (χ2v) is 9.90. The van der Waals surface area contributed by atoms with E-state index < -0.39 is 48.3 Å². The molecule has 0 N–H and O–H groups in total. The van der Waals surface area contributed by atoms with Crippen molar-refractivity contribution in [2.75, 3.05) is 0 Å². The van der Waals surface area contributed by atoms with Gasteiger partial charge in [0.2, 0.25) is 5.95 Å². The smallest absolute Gasteiger partial charge is 0.238 e. The SMILES string of the molecule is [2H]c1c([2H])c([2H])c2c(c1[2H])c1c([2H])c([2H])c([2H])c([2H])c1n2-c1nc(-c2ccc3c(c2)oc2ccccc23)nc(-c2cccc3ccccc23)n1. The highest BCUT2D eigenvalue weighted by Gasteiger charge is 2.19. The number of benzene rings is 6. The molecule has 0 unspecified atom stereocenters. The van der Waals surface area contributed by atoms with Gasteiger partial charge in [0.05, 0.1) is 22.0 Å². The predicted octanol–water partition coefficient (Wildman–Crippen LogP) is 9.36. The molecule has 0 aliphatic rings. The topological polar surface area (TPSA) is 56.7 Å². The van der Waals surface area contributed by atoms with E-state index in [-0.39, 0.29) is 39.4 Å². The summed E-state index contributed by atoms with van der Waals surface area (Å²) in [5, 5.41) is 3.54. The van der Waals surface area contributed by atoms with Gasteiger partial charge in [-0.05, 0) is 41.1 Å². The summed E-state index contributed by atoms with van der Waals surface area (Å²) in [7, 11) is 0. The van der Waals surface area contributed by atoms with Gasteiger partial charge in [0.15, 0.2) is 11.6 Å². The van der Waals surface area contributed by atoms with Gasteiger partial charge in [0.25, 0.3) is 0 Å². The average Bonchev–Trinajstić information content (AvgIpc) is 3.70. The predicted molar refractivity (Wildman–Crippen MR) is 170 cm³/mol. The zero-order valence-corrected chi connectivity index (χ0v) is 21.8. The lowest BCUT2D eigenvalue weighted by Gasteiger charge is -2.12. The van der Waals surface area contributed by atoms with Gasteiger partial charge >= 0.3 is 0 Å². The molecule has 0 fully saturated rings. The first-order valence-corrected chi connectivity index (χ1v) is 13.3. The number of aromatic nitrogens is 4.